The molecule has 0 saturated carbocycles. The lowest BCUT2D eigenvalue weighted by Gasteiger charge is -2.38. The summed E-state index contributed by atoms with van der Waals surface area (Å²) < 4.78 is 1.83. The first-order chi connectivity index (χ1) is 11.1. The second-order valence-corrected chi connectivity index (χ2v) is 6.57. The fourth-order valence-electron chi connectivity index (χ4n) is 4.14. The van der Waals surface area contributed by atoms with Crippen LogP contribution in [0.2, 0.25) is 0 Å². The van der Waals surface area contributed by atoms with E-state index in [1.54, 1.807) is 0 Å². The van der Waals surface area contributed by atoms with Crippen LogP contribution in [0.15, 0.2) is 36.5 Å². The second-order valence-electron chi connectivity index (χ2n) is 6.57. The van der Waals surface area contributed by atoms with Crippen LogP contribution in [-0.4, -0.2) is 16.4 Å². The number of hydrogen-bond acceptors (Lipinski definition) is 2. The molecule has 0 unspecified atom stereocenters. The van der Waals surface area contributed by atoms with Crippen LogP contribution >= 0.6 is 0 Å². The van der Waals surface area contributed by atoms with E-state index < -0.39 is 0 Å². The molecule has 1 aromatic heterocycles. The Kier molecular flexibility index (Phi) is 3.15. The molecule has 4 heteroatoms. The highest BCUT2D eigenvalue weighted by Gasteiger charge is 2.41. The first kappa shape index (κ1) is 14.2. The fourth-order valence-corrected chi connectivity index (χ4v) is 4.14. The monoisotopic (exact) mass is 308 g/mol. The number of benzene rings is 1. The average molecular weight is 308 g/mol. The van der Waals surface area contributed by atoms with Crippen LogP contribution in [0.5, 0.6) is 0 Å². The van der Waals surface area contributed by atoms with Crippen LogP contribution in [-0.2, 0) is 10.2 Å². The van der Waals surface area contributed by atoms with E-state index in [0.717, 1.165) is 41.8 Å². The Morgan fingerprint density at radius 1 is 1.09 bits per heavy atom. The summed E-state index contributed by atoms with van der Waals surface area (Å²) in [7, 11) is 0. The van der Waals surface area contributed by atoms with Crippen molar-refractivity contribution in [1.82, 2.24) is 4.57 Å². The molecule has 0 radical (unpaired) electrons. The zero-order chi connectivity index (χ0) is 16.0. The van der Waals surface area contributed by atoms with Gasteiger partial charge in [-0.2, -0.15) is 0 Å². The zero-order valence-corrected chi connectivity index (χ0v) is 13.3. The molecule has 1 N–H and O–H groups in total. The van der Waals surface area contributed by atoms with E-state index in [9.17, 15) is 9.59 Å². The summed E-state index contributed by atoms with van der Waals surface area (Å²) in [5.41, 5.74) is 3.92. The fraction of sp³-hybridized carbons (Fsp3) is 0.368. The quantitative estimate of drug-likeness (QED) is 0.866. The molecule has 1 atom stereocenters. The van der Waals surface area contributed by atoms with Crippen molar-refractivity contribution in [1.29, 1.82) is 0 Å². The highest BCUT2D eigenvalue weighted by atomic mass is 16.2. The maximum atomic E-state index is 12.4. The van der Waals surface area contributed by atoms with E-state index in [0.29, 0.717) is 12.8 Å². The van der Waals surface area contributed by atoms with Crippen molar-refractivity contribution in [3.63, 3.8) is 0 Å². The Balaban J connectivity index is 2.03. The predicted molar refractivity (Wildman–Crippen MR) is 89.6 cm³/mol. The lowest BCUT2D eigenvalue weighted by Crippen LogP contribution is -2.37. The second kappa shape index (κ2) is 5.08. The molecule has 4 nitrogen and oxygen atoms in total. The molecule has 23 heavy (non-hydrogen) atoms. The summed E-state index contributed by atoms with van der Waals surface area (Å²) in [6.45, 7) is 2.17. The van der Waals surface area contributed by atoms with Crippen LogP contribution in [0.1, 0.15) is 49.5 Å². The molecule has 0 bridgehead atoms. The summed E-state index contributed by atoms with van der Waals surface area (Å²) in [5, 5.41) is 3.04. The van der Waals surface area contributed by atoms with Crippen LogP contribution in [0, 0.1) is 0 Å². The van der Waals surface area contributed by atoms with Crippen molar-refractivity contribution < 1.29 is 9.59 Å². The summed E-state index contributed by atoms with van der Waals surface area (Å²) in [6, 6.07) is 9.89. The molecule has 2 aliphatic heterocycles. The van der Waals surface area contributed by atoms with Gasteiger partial charge in [0.1, 0.15) is 0 Å². The molecular formula is C19H20N2O2. The third-order valence-electron chi connectivity index (χ3n) is 5.47. The molecule has 3 heterocycles. The van der Waals surface area contributed by atoms with Crippen molar-refractivity contribution >= 4 is 17.5 Å². The topological polar surface area (TPSA) is 51.1 Å². The molecule has 0 saturated heterocycles. The van der Waals surface area contributed by atoms with Gasteiger partial charge in [0.05, 0.1) is 0 Å². The van der Waals surface area contributed by atoms with Crippen LogP contribution in [0.4, 0.5) is 5.69 Å². The predicted octanol–water partition coefficient (Wildman–Crippen LogP) is 3.97. The van der Waals surface area contributed by atoms with Crippen molar-refractivity contribution in [2.45, 2.75) is 44.4 Å². The van der Waals surface area contributed by atoms with E-state index >= 15 is 0 Å². The molecule has 0 aliphatic carbocycles. The SMILES string of the molecule is CC[C@@]12CCC(=O)Nc3ccccc3-c3ccn(c31)C(=O)CC2. The van der Waals surface area contributed by atoms with Gasteiger partial charge in [-0.25, -0.2) is 0 Å². The number of carbonyl (C=O) groups is 2. The molecule has 1 aromatic carbocycles. The van der Waals surface area contributed by atoms with Crippen molar-refractivity contribution in [2.24, 2.45) is 0 Å². The normalized spacial score (nSPS) is 23.2. The number of fused-ring (bicyclic) bond motifs is 2. The van der Waals surface area contributed by atoms with E-state index in [4.69, 9.17) is 0 Å². The lowest BCUT2D eigenvalue weighted by atomic mass is 9.70. The first-order valence-corrected chi connectivity index (χ1v) is 8.29. The molecule has 0 fully saturated rings. The van der Waals surface area contributed by atoms with Gasteiger partial charge in [-0.05, 0) is 31.4 Å². The van der Waals surface area contributed by atoms with Crippen LogP contribution in [0.3, 0.4) is 0 Å². The summed E-state index contributed by atoms with van der Waals surface area (Å²) in [6.07, 6.45) is 5.49. The van der Waals surface area contributed by atoms with E-state index in [-0.39, 0.29) is 17.2 Å². The van der Waals surface area contributed by atoms with Gasteiger partial charge >= 0.3 is 0 Å². The zero-order valence-electron chi connectivity index (χ0n) is 13.3. The van der Waals surface area contributed by atoms with Gasteiger partial charge in [0.25, 0.3) is 0 Å². The van der Waals surface area contributed by atoms with Gasteiger partial charge < -0.3 is 5.32 Å². The minimum Gasteiger partial charge on any atom is -0.326 e. The number of hydrogen-bond donors (Lipinski definition) is 1. The van der Waals surface area contributed by atoms with Crippen molar-refractivity contribution in [2.75, 3.05) is 5.32 Å². The molecule has 4 rings (SSSR count). The number of carbonyl (C=O) groups excluding carboxylic acids is 2. The number of rotatable bonds is 1. The van der Waals surface area contributed by atoms with Crippen LogP contribution < -0.4 is 5.32 Å². The third kappa shape index (κ3) is 2.05. The van der Waals surface area contributed by atoms with Gasteiger partial charge in [0.2, 0.25) is 11.8 Å². The Morgan fingerprint density at radius 2 is 1.87 bits per heavy atom. The average Bonchev–Trinajstić information content (AvgIpc) is 3.02. The number of amides is 1. The molecular weight excluding hydrogens is 288 g/mol. The largest absolute Gasteiger partial charge is 0.326 e. The van der Waals surface area contributed by atoms with E-state index in [1.165, 1.54) is 0 Å². The van der Waals surface area contributed by atoms with Gasteiger partial charge in [-0.3, -0.25) is 14.2 Å². The Bertz CT molecular complexity index is 805. The highest BCUT2D eigenvalue weighted by Crippen LogP contribution is 2.47. The molecule has 2 aliphatic rings. The number of anilines is 1. The summed E-state index contributed by atoms with van der Waals surface area (Å²) >= 11 is 0. The van der Waals surface area contributed by atoms with Gasteiger partial charge in [0, 0.05) is 47.0 Å². The smallest absolute Gasteiger partial charge is 0.230 e. The molecule has 0 spiro atoms. The lowest BCUT2D eigenvalue weighted by molar-refractivity contribution is -0.116. The van der Waals surface area contributed by atoms with Gasteiger partial charge in [-0.15, -0.1) is 0 Å². The minimum absolute atomic E-state index is 0.0545. The molecule has 1 amide bonds. The van der Waals surface area contributed by atoms with Crippen molar-refractivity contribution in [3.8, 4) is 11.1 Å². The standard InChI is InChI=1S/C19H20N2O2/c1-2-19-10-7-16(22)20-15-6-4-3-5-13(15)14-9-12-21(18(14)19)17(23)8-11-19/h3-6,9,12H,2,7-8,10-11H2,1H3,(H,20,22)/t19-/m0/s1. The van der Waals surface area contributed by atoms with Gasteiger partial charge in [0.15, 0.2) is 0 Å². The highest BCUT2D eigenvalue weighted by molar-refractivity contribution is 5.97. The minimum atomic E-state index is -0.0957. The molecule has 2 aromatic rings. The van der Waals surface area contributed by atoms with Crippen molar-refractivity contribution in [3.05, 3.63) is 42.2 Å². The Morgan fingerprint density at radius 3 is 2.70 bits per heavy atom. The number of nitrogens with one attached hydrogen (secondary N) is 1. The first-order valence-electron chi connectivity index (χ1n) is 8.29. The van der Waals surface area contributed by atoms with E-state index in [1.807, 2.05) is 41.1 Å². The number of nitrogens with zero attached hydrogens (tertiary/aromatic N) is 1. The number of aromatic nitrogens is 1. The third-order valence-corrected chi connectivity index (χ3v) is 5.47. The van der Waals surface area contributed by atoms with Crippen LogP contribution in [0.25, 0.3) is 11.1 Å². The maximum Gasteiger partial charge on any atom is 0.230 e. The Labute approximate surface area is 135 Å². The Hall–Kier alpha value is -2.36. The van der Waals surface area contributed by atoms with E-state index in [2.05, 4.69) is 12.2 Å². The molecule has 118 valence electrons. The van der Waals surface area contributed by atoms with Gasteiger partial charge in [-0.1, -0.05) is 25.1 Å². The number of para-hydroxylation sites is 1. The maximum absolute atomic E-state index is 12.4. The summed E-state index contributed by atoms with van der Waals surface area (Å²) in [5.74, 6) is 0.213. The summed E-state index contributed by atoms with van der Waals surface area (Å²) in [4.78, 5) is 24.7.